The van der Waals surface area contributed by atoms with Crippen molar-refractivity contribution in [3.8, 4) is 0 Å². The number of aromatic nitrogens is 2. The number of sulfonamides is 1. The normalized spacial score (nSPS) is 13.6. The SMILES string of the molecule is Cc1cnc(Nc2cccc(S(N)(=O)=O)c2)nc1Nc1ccc2c(c1)CCC(=O)N2C. The predicted molar refractivity (Wildman–Crippen MR) is 119 cm³/mol. The molecule has 1 aliphatic heterocycles. The smallest absolute Gasteiger partial charge is 0.238 e. The van der Waals surface area contributed by atoms with Gasteiger partial charge in [0.1, 0.15) is 5.82 Å². The van der Waals surface area contributed by atoms with E-state index in [4.69, 9.17) is 5.14 Å². The van der Waals surface area contributed by atoms with Crippen LogP contribution in [0.2, 0.25) is 0 Å². The molecule has 0 saturated heterocycles. The molecule has 0 radical (unpaired) electrons. The number of rotatable bonds is 5. The molecule has 1 aromatic heterocycles. The number of primary sulfonamides is 1. The van der Waals surface area contributed by atoms with Gasteiger partial charge in [-0.1, -0.05) is 6.07 Å². The Morgan fingerprint density at radius 3 is 2.61 bits per heavy atom. The number of carbonyl (C=O) groups excluding carboxylic acids is 1. The van der Waals surface area contributed by atoms with Crippen LogP contribution in [0.4, 0.5) is 28.8 Å². The minimum Gasteiger partial charge on any atom is -0.340 e. The molecule has 0 fully saturated rings. The van der Waals surface area contributed by atoms with E-state index in [9.17, 15) is 13.2 Å². The number of nitrogens with one attached hydrogen (secondary N) is 2. The molecule has 3 aromatic rings. The highest BCUT2D eigenvalue weighted by Gasteiger charge is 2.21. The Balaban J connectivity index is 1.57. The lowest BCUT2D eigenvalue weighted by atomic mass is 10.0. The lowest BCUT2D eigenvalue weighted by Gasteiger charge is -2.26. The van der Waals surface area contributed by atoms with Gasteiger partial charge in [0, 0.05) is 42.3 Å². The molecular formula is C21H22N6O3S. The van der Waals surface area contributed by atoms with Gasteiger partial charge in [0.05, 0.1) is 4.90 Å². The maximum absolute atomic E-state index is 11.9. The molecule has 0 atom stereocenters. The average molecular weight is 439 g/mol. The van der Waals surface area contributed by atoms with Gasteiger partial charge in [-0.2, -0.15) is 4.98 Å². The van der Waals surface area contributed by atoms with E-state index in [2.05, 4.69) is 20.6 Å². The summed E-state index contributed by atoms with van der Waals surface area (Å²) in [5.41, 5.74) is 4.21. The molecule has 4 rings (SSSR count). The van der Waals surface area contributed by atoms with Crippen LogP contribution in [0.1, 0.15) is 17.5 Å². The van der Waals surface area contributed by atoms with Gasteiger partial charge >= 0.3 is 0 Å². The summed E-state index contributed by atoms with van der Waals surface area (Å²) in [6, 6.07) is 12.0. The topological polar surface area (TPSA) is 130 Å². The van der Waals surface area contributed by atoms with Crippen molar-refractivity contribution in [2.45, 2.75) is 24.7 Å². The standard InChI is InChI=1S/C21H22N6O3S/c1-13-12-23-21(25-15-4-3-5-17(11-15)31(22,29)30)26-20(13)24-16-7-8-18-14(10-16)6-9-19(28)27(18)2/h3-5,7-8,10-12H,6,9H2,1-2H3,(H2,22,29,30)(H2,23,24,25,26). The Morgan fingerprint density at radius 2 is 1.84 bits per heavy atom. The summed E-state index contributed by atoms with van der Waals surface area (Å²) in [5.74, 6) is 1.03. The van der Waals surface area contributed by atoms with Crippen molar-refractivity contribution in [1.29, 1.82) is 0 Å². The van der Waals surface area contributed by atoms with Crippen LogP contribution >= 0.6 is 0 Å². The van der Waals surface area contributed by atoms with E-state index in [-0.39, 0.29) is 10.8 Å². The van der Waals surface area contributed by atoms with E-state index in [1.54, 1.807) is 30.3 Å². The number of benzene rings is 2. The number of nitrogens with zero attached hydrogens (tertiary/aromatic N) is 3. The van der Waals surface area contributed by atoms with Crippen LogP contribution in [0.3, 0.4) is 0 Å². The zero-order chi connectivity index (χ0) is 22.2. The molecule has 0 aliphatic carbocycles. The van der Waals surface area contributed by atoms with Crippen LogP contribution in [0.15, 0.2) is 53.6 Å². The summed E-state index contributed by atoms with van der Waals surface area (Å²) in [4.78, 5) is 22.3. The Hall–Kier alpha value is -3.50. The molecule has 0 bridgehead atoms. The largest absolute Gasteiger partial charge is 0.340 e. The molecule has 4 N–H and O–H groups in total. The Bertz CT molecular complexity index is 1280. The molecule has 160 valence electrons. The maximum atomic E-state index is 11.9. The van der Waals surface area contributed by atoms with Gasteiger partial charge in [0.15, 0.2) is 0 Å². The molecule has 2 heterocycles. The number of hydrogen-bond acceptors (Lipinski definition) is 7. The molecule has 10 heteroatoms. The molecule has 31 heavy (non-hydrogen) atoms. The van der Waals surface area contributed by atoms with E-state index < -0.39 is 10.0 Å². The minimum atomic E-state index is -3.81. The van der Waals surface area contributed by atoms with Crippen LogP contribution in [-0.2, 0) is 21.2 Å². The number of amides is 1. The third-order valence-corrected chi connectivity index (χ3v) is 5.99. The van der Waals surface area contributed by atoms with Gasteiger partial charge in [-0.15, -0.1) is 0 Å². The van der Waals surface area contributed by atoms with E-state index in [0.29, 0.717) is 30.3 Å². The second-order valence-corrected chi connectivity index (χ2v) is 8.91. The van der Waals surface area contributed by atoms with Crippen LogP contribution in [0, 0.1) is 6.92 Å². The second kappa shape index (κ2) is 7.97. The second-order valence-electron chi connectivity index (χ2n) is 7.34. The van der Waals surface area contributed by atoms with Crippen molar-refractivity contribution < 1.29 is 13.2 Å². The maximum Gasteiger partial charge on any atom is 0.238 e. The predicted octanol–water partition coefficient (Wildman–Crippen LogP) is 2.83. The molecule has 1 amide bonds. The molecule has 2 aromatic carbocycles. The number of anilines is 5. The van der Waals surface area contributed by atoms with Gasteiger partial charge < -0.3 is 15.5 Å². The molecular weight excluding hydrogens is 416 g/mol. The zero-order valence-electron chi connectivity index (χ0n) is 17.1. The van der Waals surface area contributed by atoms with E-state index in [1.807, 2.05) is 25.1 Å². The van der Waals surface area contributed by atoms with Gasteiger partial charge in [0.25, 0.3) is 0 Å². The van der Waals surface area contributed by atoms with Crippen LogP contribution < -0.4 is 20.7 Å². The fourth-order valence-corrected chi connectivity index (χ4v) is 3.94. The lowest BCUT2D eigenvalue weighted by molar-refractivity contribution is -0.118. The molecule has 1 aliphatic rings. The first-order valence-electron chi connectivity index (χ1n) is 9.61. The van der Waals surface area contributed by atoms with Crippen molar-refractivity contribution in [2.75, 3.05) is 22.6 Å². The first-order chi connectivity index (χ1) is 14.7. The van der Waals surface area contributed by atoms with Gasteiger partial charge in [-0.25, -0.2) is 18.5 Å². The Morgan fingerprint density at radius 1 is 1.06 bits per heavy atom. The minimum absolute atomic E-state index is 0.000434. The number of fused-ring (bicyclic) bond motifs is 1. The lowest BCUT2D eigenvalue weighted by Crippen LogP contribution is -2.31. The first-order valence-corrected chi connectivity index (χ1v) is 11.2. The molecule has 0 spiro atoms. The summed E-state index contributed by atoms with van der Waals surface area (Å²) in [7, 11) is -2.02. The highest BCUT2D eigenvalue weighted by molar-refractivity contribution is 7.89. The van der Waals surface area contributed by atoms with E-state index in [0.717, 1.165) is 22.5 Å². The first kappa shape index (κ1) is 20.8. The van der Waals surface area contributed by atoms with Crippen LogP contribution in [0.25, 0.3) is 0 Å². The van der Waals surface area contributed by atoms with Crippen molar-refractivity contribution in [3.05, 3.63) is 59.8 Å². The Kier molecular flexibility index (Phi) is 5.34. The zero-order valence-corrected chi connectivity index (χ0v) is 17.9. The van der Waals surface area contributed by atoms with Crippen LogP contribution in [0.5, 0.6) is 0 Å². The number of carbonyl (C=O) groups is 1. The van der Waals surface area contributed by atoms with Gasteiger partial charge in [0.2, 0.25) is 21.9 Å². The molecule has 0 saturated carbocycles. The van der Waals surface area contributed by atoms with Gasteiger partial charge in [-0.3, -0.25) is 4.79 Å². The van der Waals surface area contributed by atoms with Gasteiger partial charge in [-0.05, 0) is 55.3 Å². The third kappa shape index (κ3) is 4.49. The molecule has 9 nitrogen and oxygen atoms in total. The average Bonchev–Trinajstić information content (AvgIpc) is 2.73. The highest BCUT2D eigenvalue weighted by atomic mass is 32.2. The highest BCUT2D eigenvalue weighted by Crippen LogP contribution is 2.31. The fraction of sp³-hybridized carbons (Fsp3) is 0.190. The number of aryl methyl sites for hydroxylation is 2. The van der Waals surface area contributed by atoms with Crippen LogP contribution in [-0.4, -0.2) is 31.3 Å². The van der Waals surface area contributed by atoms with Crippen molar-refractivity contribution in [2.24, 2.45) is 5.14 Å². The summed E-state index contributed by atoms with van der Waals surface area (Å²) in [6.07, 6.45) is 2.86. The summed E-state index contributed by atoms with van der Waals surface area (Å²) in [5, 5.41) is 11.5. The number of hydrogen-bond donors (Lipinski definition) is 3. The fourth-order valence-electron chi connectivity index (χ4n) is 3.38. The third-order valence-electron chi connectivity index (χ3n) is 5.08. The van der Waals surface area contributed by atoms with Crippen molar-refractivity contribution >= 4 is 44.8 Å². The number of nitrogens with two attached hydrogens (primary N) is 1. The van der Waals surface area contributed by atoms with Crippen molar-refractivity contribution in [3.63, 3.8) is 0 Å². The summed E-state index contributed by atoms with van der Waals surface area (Å²) >= 11 is 0. The summed E-state index contributed by atoms with van der Waals surface area (Å²) in [6.45, 7) is 1.89. The monoisotopic (exact) mass is 438 g/mol. The van der Waals surface area contributed by atoms with E-state index >= 15 is 0 Å². The molecule has 0 unspecified atom stereocenters. The Labute approximate surface area is 180 Å². The van der Waals surface area contributed by atoms with Crippen molar-refractivity contribution in [1.82, 2.24) is 9.97 Å². The quantitative estimate of drug-likeness (QED) is 0.558. The van der Waals surface area contributed by atoms with E-state index in [1.165, 1.54) is 12.1 Å². The summed E-state index contributed by atoms with van der Waals surface area (Å²) < 4.78 is 23.1.